The second-order valence-corrected chi connectivity index (χ2v) is 7.09. The van der Waals surface area contributed by atoms with Gasteiger partial charge in [-0.05, 0) is 69.0 Å². The predicted octanol–water partition coefficient (Wildman–Crippen LogP) is 4.32. The van der Waals surface area contributed by atoms with E-state index < -0.39 is 0 Å². The summed E-state index contributed by atoms with van der Waals surface area (Å²) in [6.45, 7) is 11.1. The molecule has 0 aromatic heterocycles. The Balaban J connectivity index is 1.65. The smallest absolute Gasteiger partial charge is 0.00134 e. The van der Waals surface area contributed by atoms with Crippen molar-refractivity contribution in [3.05, 3.63) is 0 Å². The molecule has 1 aliphatic heterocycles. The molecule has 1 saturated heterocycles. The highest BCUT2D eigenvalue weighted by Gasteiger charge is 2.44. The molecule has 0 aromatic rings. The van der Waals surface area contributed by atoms with Crippen molar-refractivity contribution < 1.29 is 0 Å². The zero-order chi connectivity index (χ0) is 12.3. The van der Waals surface area contributed by atoms with Gasteiger partial charge in [0.1, 0.15) is 0 Å². The number of nitrogens with zero attached hydrogens (tertiary/aromatic N) is 1. The van der Waals surface area contributed by atoms with E-state index in [9.17, 15) is 0 Å². The standard InChI is InChI=1S/C16H31N/c1-4-9-17-10-7-16(8-11-17)12-15(13-16)6-5-14(2)3/h14-15H,4-13H2,1-3H3. The van der Waals surface area contributed by atoms with E-state index in [1.54, 1.807) is 12.8 Å². The van der Waals surface area contributed by atoms with E-state index in [0.29, 0.717) is 0 Å². The molecule has 0 N–H and O–H groups in total. The van der Waals surface area contributed by atoms with Gasteiger partial charge in [0, 0.05) is 0 Å². The van der Waals surface area contributed by atoms with Crippen molar-refractivity contribution in [1.82, 2.24) is 4.90 Å². The molecule has 1 aliphatic carbocycles. The lowest BCUT2D eigenvalue weighted by atomic mass is 9.56. The minimum absolute atomic E-state index is 0.798. The molecule has 1 saturated carbocycles. The van der Waals surface area contributed by atoms with Crippen molar-refractivity contribution in [3.8, 4) is 0 Å². The van der Waals surface area contributed by atoms with E-state index in [1.807, 2.05) is 0 Å². The van der Waals surface area contributed by atoms with Crippen LogP contribution >= 0.6 is 0 Å². The summed E-state index contributed by atoms with van der Waals surface area (Å²) in [5.41, 5.74) is 0.798. The maximum absolute atomic E-state index is 2.67. The van der Waals surface area contributed by atoms with Crippen molar-refractivity contribution in [3.63, 3.8) is 0 Å². The summed E-state index contributed by atoms with van der Waals surface area (Å²) in [7, 11) is 0. The van der Waals surface area contributed by atoms with Crippen molar-refractivity contribution in [1.29, 1.82) is 0 Å². The minimum Gasteiger partial charge on any atom is -0.303 e. The van der Waals surface area contributed by atoms with Crippen LogP contribution in [0.1, 0.15) is 65.7 Å². The first-order chi connectivity index (χ1) is 8.13. The molecule has 1 nitrogen and oxygen atoms in total. The molecule has 0 unspecified atom stereocenters. The van der Waals surface area contributed by atoms with Crippen LogP contribution in [0, 0.1) is 17.3 Å². The molecule has 100 valence electrons. The summed E-state index contributed by atoms with van der Waals surface area (Å²) in [5.74, 6) is 1.98. The molecule has 2 rings (SSSR count). The van der Waals surface area contributed by atoms with Crippen LogP contribution in [-0.2, 0) is 0 Å². The Morgan fingerprint density at radius 1 is 1.18 bits per heavy atom. The maximum atomic E-state index is 2.67. The van der Waals surface area contributed by atoms with E-state index >= 15 is 0 Å². The summed E-state index contributed by atoms with van der Waals surface area (Å²) >= 11 is 0. The first-order valence-electron chi connectivity index (χ1n) is 7.86. The van der Waals surface area contributed by atoms with Gasteiger partial charge in [0.25, 0.3) is 0 Å². The number of piperidine rings is 1. The number of hydrogen-bond donors (Lipinski definition) is 0. The predicted molar refractivity (Wildman–Crippen MR) is 75.2 cm³/mol. The van der Waals surface area contributed by atoms with E-state index in [4.69, 9.17) is 0 Å². The normalized spacial score (nSPS) is 25.4. The van der Waals surface area contributed by atoms with E-state index in [-0.39, 0.29) is 0 Å². The molecule has 2 fully saturated rings. The Hall–Kier alpha value is -0.0400. The van der Waals surface area contributed by atoms with E-state index in [0.717, 1.165) is 17.3 Å². The van der Waals surface area contributed by atoms with Crippen LogP contribution in [0.25, 0.3) is 0 Å². The van der Waals surface area contributed by atoms with Gasteiger partial charge in [-0.15, -0.1) is 0 Å². The van der Waals surface area contributed by atoms with Gasteiger partial charge in [-0.3, -0.25) is 0 Å². The van der Waals surface area contributed by atoms with Crippen LogP contribution in [0.2, 0.25) is 0 Å². The lowest BCUT2D eigenvalue weighted by Crippen LogP contribution is -2.47. The van der Waals surface area contributed by atoms with Crippen molar-refractivity contribution >= 4 is 0 Å². The lowest BCUT2D eigenvalue weighted by molar-refractivity contribution is -0.0176. The number of hydrogen-bond acceptors (Lipinski definition) is 1. The molecule has 0 radical (unpaired) electrons. The Morgan fingerprint density at radius 2 is 1.82 bits per heavy atom. The molecular formula is C16H31N. The molecule has 0 aromatic carbocycles. The van der Waals surface area contributed by atoms with Gasteiger partial charge in [-0.1, -0.05) is 33.6 Å². The fraction of sp³-hybridized carbons (Fsp3) is 1.00. The highest BCUT2D eigenvalue weighted by molar-refractivity contribution is 4.96. The molecule has 0 atom stereocenters. The van der Waals surface area contributed by atoms with E-state index in [2.05, 4.69) is 25.7 Å². The Morgan fingerprint density at radius 3 is 2.35 bits per heavy atom. The molecule has 2 aliphatic rings. The van der Waals surface area contributed by atoms with Crippen molar-refractivity contribution in [2.75, 3.05) is 19.6 Å². The Bertz CT molecular complexity index is 218. The molecule has 1 spiro atoms. The van der Waals surface area contributed by atoms with Gasteiger partial charge in [-0.2, -0.15) is 0 Å². The van der Waals surface area contributed by atoms with Gasteiger partial charge < -0.3 is 4.90 Å². The summed E-state index contributed by atoms with van der Waals surface area (Å²) in [6.07, 6.45) is 10.4. The van der Waals surface area contributed by atoms with Gasteiger partial charge in [-0.25, -0.2) is 0 Å². The lowest BCUT2D eigenvalue weighted by Gasteiger charge is -2.52. The highest BCUT2D eigenvalue weighted by atomic mass is 15.1. The molecule has 0 bridgehead atoms. The summed E-state index contributed by atoms with van der Waals surface area (Å²) in [5, 5.41) is 0. The first kappa shape index (κ1) is 13.4. The highest BCUT2D eigenvalue weighted by Crippen LogP contribution is 2.54. The van der Waals surface area contributed by atoms with Gasteiger partial charge >= 0.3 is 0 Å². The molecule has 1 heteroatoms. The van der Waals surface area contributed by atoms with Gasteiger partial charge in [0.05, 0.1) is 0 Å². The third kappa shape index (κ3) is 3.47. The van der Waals surface area contributed by atoms with Crippen LogP contribution < -0.4 is 0 Å². The Labute approximate surface area is 108 Å². The van der Waals surface area contributed by atoms with Crippen molar-refractivity contribution in [2.45, 2.75) is 65.7 Å². The van der Waals surface area contributed by atoms with Gasteiger partial charge in [0.2, 0.25) is 0 Å². The molecule has 1 heterocycles. The van der Waals surface area contributed by atoms with E-state index in [1.165, 1.54) is 51.7 Å². The summed E-state index contributed by atoms with van der Waals surface area (Å²) in [6, 6.07) is 0. The van der Waals surface area contributed by atoms with Crippen LogP contribution in [0.3, 0.4) is 0 Å². The van der Waals surface area contributed by atoms with Crippen LogP contribution in [0.15, 0.2) is 0 Å². The third-order valence-electron chi connectivity index (χ3n) is 5.05. The van der Waals surface area contributed by atoms with Crippen LogP contribution in [0.5, 0.6) is 0 Å². The van der Waals surface area contributed by atoms with Gasteiger partial charge in [0.15, 0.2) is 0 Å². The fourth-order valence-corrected chi connectivity index (χ4v) is 3.91. The topological polar surface area (TPSA) is 3.24 Å². The fourth-order valence-electron chi connectivity index (χ4n) is 3.91. The summed E-state index contributed by atoms with van der Waals surface area (Å²) < 4.78 is 0. The second kappa shape index (κ2) is 5.73. The van der Waals surface area contributed by atoms with Crippen LogP contribution in [-0.4, -0.2) is 24.5 Å². The summed E-state index contributed by atoms with van der Waals surface area (Å²) in [4.78, 5) is 2.67. The Kier molecular flexibility index (Phi) is 4.52. The zero-order valence-electron chi connectivity index (χ0n) is 12.2. The average molecular weight is 237 g/mol. The molecule has 17 heavy (non-hydrogen) atoms. The molecular weight excluding hydrogens is 206 g/mol. The first-order valence-corrected chi connectivity index (χ1v) is 7.86. The number of rotatable bonds is 5. The number of likely N-dealkylation sites (tertiary alicyclic amines) is 1. The van der Waals surface area contributed by atoms with Crippen molar-refractivity contribution in [2.24, 2.45) is 17.3 Å². The zero-order valence-corrected chi connectivity index (χ0v) is 12.2. The largest absolute Gasteiger partial charge is 0.303 e. The quantitative estimate of drug-likeness (QED) is 0.688. The molecule has 0 amide bonds. The third-order valence-corrected chi connectivity index (χ3v) is 5.05. The monoisotopic (exact) mass is 237 g/mol. The minimum atomic E-state index is 0.798. The maximum Gasteiger partial charge on any atom is -0.00134 e. The second-order valence-electron chi connectivity index (χ2n) is 7.09. The van der Waals surface area contributed by atoms with Crippen LogP contribution in [0.4, 0.5) is 0 Å². The SMILES string of the molecule is CCCN1CCC2(CC1)CC(CCC(C)C)C2. The average Bonchev–Trinajstić information content (AvgIpc) is 2.26.